The van der Waals surface area contributed by atoms with Gasteiger partial charge in [0.2, 0.25) is 0 Å². The van der Waals surface area contributed by atoms with Gasteiger partial charge in [-0.2, -0.15) is 13.2 Å². The van der Waals surface area contributed by atoms with Gasteiger partial charge < -0.3 is 10.1 Å². The number of ether oxygens (including phenoxy) is 1. The molecule has 0 bridgehead atoms. The Morgan fingerprint density at radius 3 is 2.47 bits per heavy atom. The molecule has 1 unspecified atom stereocenters. The van der Waals surface area contributed by atoms with Crippen molar-refractivity contribution >= 4 is 0 Å². The van der Waals surface area contributed by atoms with Gasteiger partial charge in [0, 0.05) is 6.54 Å². The van der Waals surface area contributed by atoms with Crippen LogP contribution in [0, 0.1) is 6.92 Å². The Bertz CT molecular complexity index is 352. The van der Waals surface area contributed by atoms with Gasteiger partial charge >= 0.3 is 6.18 Å². The van der Waals surface area contributed by atoms with Crippen molar-refractivity contribution in [1.29, 1.82) is 0 Å². The third-order valence-corrected chi connectivity index (χ3v) is 2.37. The molecule has 1 atom stereocenters. The number of hydrogen-bond donors (Lipinski definition) is 1. The molecule has 17 heavy (non-hydrogen) atoms. The van der Waals surface area contributed by atoms with E-state index in [4.69, 9.17) is 4.74 Å². The zero-order chi connectivity index (χ0) is 12.9. The summed E-state index contributed by atoms with van der Waals surface area (Å²) in [7, 11) is 1.68. The largest absolute Gasteiger partial charge is 0.411 e. The SMILES string of the molecule is CNCC(OCC(F)(F)F)c1ccccc1C. The highest BCUT2D eigenvalue weighted by molar-refractivity contribution is 5.28. The van der Waals surface area contributed by atoms with Crippen molar-refractivity contribution < 1.29 is 17.9 Å². The predicted octanol–water partition coefficient (Wildman–Crippen LogP) is 2.83. The highest BCUT2D eigenvalue weighted by Gasteiger charge is 2.29. The number of alkyl halides is 3. The molecule has 0 aliphatic heterocycles. The molecule has 0 aromatic heterocycles. The Morgan fingerprint density at radius 2 is 1.94 bits per heavy atom. The lowest BCUT2D eigenvalue weighted by atomic mass is 10.0. The Balaban J connectivity index is 2.75. The van der Waals surface area contributed by atoms with Crippen LogP contribution in [-0.4, -0.2) is 26.4 Å². The molecule has 2 nitrogen and oxygen atoms in total. The van der Waals surface area contributed by atoms with E-state index in [1.54, 1.807) is 19.2 Å². The van der Waals surface area contributed by atoms with Crippen molar-refractivity contribution in [3.63, 3.8) is 0 Å². The molecule has 0 spiro atoms. The molecule has 96 valence electrons. The van der Waals surface area contributed by atoms with Gasteiger partial charge in [0.1, 0.15) is 6.61 Å². The van der Waals surface area contributed by atoms with E-state index >= 15 is 0 Å². The first-order chi connectivity index (χ1) is 7.94. The average molecular weight is 247 g/mol. The van der Waals surface area contributed by atoms with E-state index < -0.39 is 18.9 Å². The molecule has 1 N–H and O–H groups in total. The molecule has 1 aromatic carbocycles. The van der Waals surface area contributed by atoms with Crippen LogP contribution in [-0.2, 0) is 4.74 Å². The molecular formula is C12H16F3NO. The summed E-state index contributed by atoms with van der Waals surface area (Å²) in [6, 6.07) is 7.28. The van der Waals surface area contributed by atoms with Gasteiger partial charge in [0.05, 0.1) is 6.10 Å². The second-order valence-corrected chi connectivity index (χ2v) is 3.83. The topological polar surface area (TPSA) is 21.3 Å². The quantitative estimate of drug-likeness (QED) is 0.863. The first kappa shape index (κ1) is 14.0. The summed E-state index contributed by atoms with van der Waals surface area (Å²) in [6.07, 6.45) is -4.88. The normalized spacial score (nSPS) is 13.7. The molecule has 0 aliphatic rings. The van der Waals surface area contributed by atoms with Gasteiger partial charge in [-0.1, -0.05) is 24.3 Å². The number of nitrogens with one attached hydrogen (secondary N) is 1. The lowest BCUT2D eigenvalue weighted by Gasteiger charge is -2.20. The van der Waals surface area contributed by atoms with Crippen molar-refractivity contribution in [2.45, 2.75) is 19.2 Å². The van der Waals surface area contributed by atoms with Crippen LogP contribution in [0.4, 0.5) is 13.2 Å². The molecular weight excluding hydrogens is 231 g/mol. The third-order valence-electron chi connectivity index (χ3n) is 2.37. The molecule has 0 radical (unpaired) electrons. The average Bonchev–Trinajstić information content (AvgIpc) is 2.24. The van der Waals surface area contributed by atoms with Crippen molar-refractivity contribution in [2.24, 2.45) is 0 Å². The first-order valence-electron chi connectivity index (χ1n) is 5.32. The minimum absolute atomic E-state index is 0.348. The van der Waals surface area contributed by atoms with Crippen LogP contribution in [0.5, 0.6) is 0 Å². The molecule has 0 heterocycles. The summed E-state index contributed by atoms with van der Waals surface area (Å²) in [5.41, 5.74) is 1.71. The highest BCUT2D eigenvalue weighted by atomic mass is 19.4. The number of aryl methyl sites for hydroxylation is 1. The summed E-state index contributed by atoms with van der Waals surface area (Å²) in [5.74, 6) is 0. The monoisotopic (exact) mass is 247 g/mol. The molecule has 0 fully saturated rings. The minimum atomic E-state index is -4.30. The van der Waals surface area contributed by atoms with Crippen LogP contribution in [0.1, 0.15) is 17.2 Å². The minimum Gasteiger partial charge on any atom is -0.363 e. The van der Waals surface area contributed by atoms with Gasteiger partial charge in [0.15, 0.2) is 0 Å². The summed E-state index contributed by atoms with van der Waals surface area (Å²) in [4.78, 5) is 0. The second kappa shape index (κ2) is 6.02. The molecule has 0 amide bonds. The van der Waals surface area contributed by atoms with Gasteiger partial charge in [-0.25, -0.2) is 0 Å². The smallest absolute Gasteiger partial charge is 0.363 e. The lowest BCUT2D eigenvalue weighted by molar-refractivity contribution is -0.185. The molecule has 0 saturated carbocycles. The fraction of sp³-hybridized carbons (Fsp3) is 0.500. The third kappa shape index (κ3) is 4.75. The fourth-order valence-corrected chi connectivity index (χ4v) is 1.59. The number of likely N-dealkylation sites (N-methyl/N-ethyl adjacent to an activating group) is 1. The van der Waals surface area contributed by atoms with Gasteiger partial charge in [-0.05, 0) is 25.1 Å². The molecule has 0 saturated heterocycles. The van der Waals surface area contributed by atoms with Crippen molar-refractivity contribution in [3.05, 3.63) is 35.4 Å². The first-order valence-corrected chi connectivity index (χ1v) is 5.32. The zero-order valence-electron chi connectivity index (χ0n) is 9.84. The van der Waals surface area contributed by atoms with Crippen LogP contribution in [0.15, 0.2) is 24.3 Å². The van der Waals surface area contributed by atoms with E-state index in [1.807, 2.05) is 19.1 Å². The standard InChI is InChI=1S/C12H16F3NO/c1-9-5-3-4-6-10(9)11(7-16-2)17-8-12(13,14)15/h3-6,11,16H,7-8H2,1-2H3. The summed E-state index contributed by atoms with van der Waals surface area (Å²) >= 11 is 0. The van der Waals surface area contributed by atoms with E-state index in [0.717, 1.165) is 11.1 Å². The van der Waals surface area contributed by atoms with Crippen LogP contribution in [0.2, 0.25) is 0 Å². The van der Waals surface area contributed by atoms with Crippen LogP contribution >= 0.6 is 0 Å². The number of benzene rings is 1. The van der Waals surface area contributed by atoms with Crippen LogP contribution < -0.4 is 5.32 Å². The van der Waals surface area contributed by atoms with Crippen molar-refractivity contribution in [2.75, 3.05) is 20.2 Å². The summed E-state index contributed by atoms with van der Waals surface area (Å²) in [6.45, 7) is 0.976. The van der Waals surface area contributed by atoms with Crippen molar-refractivity contribution in [3.8, 4) is 0 Å². The van der Waals surface area contributed by atoms with E-state index in [1.165, 1.54) is 0 Å². The maximum absolute atomic E-state index is 12.1. The highest BCUT2D eigenvalue weighted by Crippen LogP contribution is 2.24. The van der Waals surface area contributed by atoms with E-state index in [0.29, 0.717) is 6.54 Å². The lowest BCUT2D eigenvalue weighted by Crippen LogP contribution is -2.25. The Morgan fingerprint density at radius 1 is 1.29 bits per heavy atom. The van der Waals surface area contributed by atoms with E-state index in [-0.39, 0.29) is 0 Å². The maximum atomic E-state index is 12.1. The summed E-state index contributed by atoms with van der Waals surface area (Å²) in [5, 5.41) is 2.84. The second-order valence-electron chi connectivity index (χ2n) is 3.83. The molecule has 1 rings (SSSR count). The van der Waals surface area contributed by atoms with E-state index in [9.17, 15) is 13.2 Å². The van der Waals surface area contributed by atoms with Crippen LogP contribution in [0.3, 0.4) is 0 Å². The number of hydrogen-bond acceptors (Lipinski definition) is 2. The fourth-order valence-electron chi connectivity index (χ4n) is 1.59. The number of rotatable bonds is 5. The molecule has 0 aliphatic carbocycles. The van der Waals surface area contributed by atoms with Gasteiger partial charge in [-0.3, -0.25) is 0 Å². The molecule has 5 heteroatoms. The maximum Gasteiger partial charge on any atom is 0.411 e. The Labute approximate surface area is 98.8 Å². The summed E-state index contributed by atoms with van der Waals surface area (Å²) < 4.78 is 41.3. The van der Waals surface area contributed by atoms with Gasteiger partial charge in [0.25, 0.3) is 0 Å². The van der Waals surface area contributed by atoms with Crippen molar-refractivity contribution in [1.82, 2.24) is 5.32 Å². The zero-order valence-corrected chi connectivity index (χ0v) is 9.84. The predicted molar refractivity (Wildman–Crippen MR) is 59.9 cm³/mol. The van der Waals surface area contributed by atoms with E-state index in [2.05, 4.69) is 5.32 Å². The Kier molecular flexibility index (Phi) is 4.96. The van der Waals surface area contributed by atoms with Gasteiger partial charge in [-0.15, -0.1) is 0 Å². The van der Waals surface area contributed by atoms with Crippen LogP contribution in [0.25, 0.3) is 0 Å². The molecule has 1 aromatic rings. The Hall–Kier alpha value is -1.07. The number of halogens is 3.